The van der Waals surface area contributed by atoms with Crippen LogP contribution in [0.1, 0.15) is 37.3 Å². The Morgan fingerprint density at radius 1 is 1.29 bits per heavy atom. The maximum atomic E-state index is 12.7. The number of piperidine rings is 1. The molecule has 1 aromatic heterocycles. The van der Waals surface area contributed by atoms with E-state index in [4.69, 9.17) is 0 Å². The fourth-order valence-electron chi connectivity index (χ4n) is 3.68. The van der Waals surface area contributed by atoms with Gasteiger partial charge in [0.05, 0.1) is 0 Å². The van der Waals surface area contributed by atoms with Crippen molar-refractivity contribution in [2.75, 3.05) is 19.6 Å². The molecule has 0 aliphatic carbocycles. The molecule has 4 N–H and O–H groups in total. The summed E-state index contributed by atoms with van der Waals surface area (Å²) in [5.74, 6) is -0.885. The normalized spacial score (nSPS) is 15.2. The molecule has 1 fully saturated rings. The molecule has 9 nitrogen and oxygen atoms in total. The van der Waals surface area contributed by atoms with Crippen molar-refractivity contribution in [1.29, 1.82) is 0 Å². The van der Waals surface area contributed by atoms with Crippen LogP contribution in [-0.4, -0.2) is 63.8 Å². The Balaban J connectivity index is 1.86. The van der Waals surface area contributed by atoms with Crippen LogP contribution in [0.25, 0.3) is 0 Å². The third-order valence-corrected chi connectivity index (χ3v) is 5.52. The lowest BCUT2D eigenvalue weighted by Gasteiger charge is -2.32. The van der Waals surface area contributed by atoms with Gasteiger partial charge in [-0.15, -0.1) is 0 Å². The van der Waals surface area contributed by atoms with Crippen molar-refractivity contribution < 1.29 is 19.5 Å². The van der Waals surface area contributed by atoms with Gasteiger partial charge in [-0.05, 0) is 49.8 Å². The summed E-state index contributed by atoms with van der Waals surface area (Å²) < 4.78 is 0. The summed E-state index contributed by atoms with van der Waals surface area (Å²) in [7, 11) is 0. The van der Waals surface area contributed by atoms with E-state index >= 15 is 0 Å². The predicted octanol–water partition coefficient (Wildman–Crippen LogP) is 2.90. The number of aliphatic carboxylic acids is 1. The highest BCUT2D eigenvalue weighted by atomic mass is 16.4. The maximum absolute atomic E-state index is 12.7. The van der Waals surface area contributed by atoms with Gasteiger partial charge in [-0.1, -0.05) is 36.4 Å². The summed E-state index contributed by atoms with van der Waals surface area (Å²) in [6, 6.07) is 3.90. The Bertz CT molecular complexity index is 931. The number of carbonyl (C=O) groups is 3. The fraction of sp³-hybridized carbons (Fsp3) is 0.440. The van der Waals surface area contributed by atoms with Gasteiger partial charge in [0.1, 0.15) is 6.04 Å². The third kappa shape index (κ3) is 9.89. The number of nitrogens with one attached hydrogen (secondary N) is 3. The van der Waals surface area contributed by atoms with Crippen molar-refractivity contribution >= 4 is 17.9 Å². The lowest BCUT2D eigenvalue weighted by Crippen LogP contribution is -2.51. The maximum Gasteiger partial charge on any atom is 0.326 e. The molecule has 2 heterocycles. The quantitative estimate of drug-likeness (QED) is 0.414. The van der Waals surface area contributed by atoms with Crippen LogP contribution in [0.15, 0.2) is 54.9 Å². The highest BCUT2D eigenvalue weighted by Crippen LogP contribution is 2.20. The van der Waals surface area contributed by atoms with Gasteiger partial charge in [0.15, 0.2) is 0 Å². The van der Waals surface area contributed by atoms with Crippen LogP contribution < -0.4 is 10.6 Å². The van der Waals surface area contributed by atoms with Gasteiger partial charge in [-0.3, -0.25) is 9.89 Å². The molecule has 34 heavy (non-hydrogen) atoms. The van der Waals surface area contributed by atoms with Gasteiger partial charge in [-0.25, -0.2) is 9.59 Å². The van der Waals surface area contributed by atoms with E-state index < -0.39 is 18.0 Å². The van der Waals surface area contributed by atoms with Crippen LogP contribution in [0.3, 0.4) is 0 Å². The third-order valence-electron chi connectivity index (χ3n) is 5.52. The van der Waals surface area contributed by atoms with Gasteiger partial charge in [0, 0.05) is 44.9 Å². The van der Waals surface area contributed by atoms with E-state index in [0.717, 1.165) is 11.1 Å². The molecule has 0 saturated carbocycles. The standard InChI is InChI=1S/C25H35N5O4/c1-3-4-5-6-11-26-23(31)17-20-9-13-30(14-10-20)25(34)29-22(24(32)33)16-21-8-7-12-27-28-18-19(2)15-21/h3-8,12,15,18,20,22,28H,9-11,13-14,16-17H2,1-2H3,(H,26,31)(H,29,34)(H,32,33)/b4-3-,6-5-,8-7?,19-18?,21-15?,27-12?. The topological polar surface area (TPSA) is 127 Å². The Labute approximate surface area is 200 Å². The van der Waals surface area contributed by atoms with Crippen molar-refractivity contribution in [3.63, 3.8) is 0 Å². The monoisotopic (exact) mass is 469 g/mol. The SMILES string of the molecule is C/C=C\C=C/CNC(=O)CC1CCN(C(=O)NC(Cc2cccn[nH]cc(C)c2)C(=O)O)CC1. The number of likely N-dealkylation sites (tertiary alicyclic amines) is 1. The second-order valence-corrected chi connectivity index (χ2v) is 8.31. The van der Waals surface area contributed by atoms with Crippen molar-refractivity contribution in [2.45, 2.75) is 45.6 Å². The molecular weight excluding hydrogens is 434 g/mol. The van der Waals surface area contributed by atoms with E-state index in [1.165, 1.54) is 0 Å². The van der Waals surface area contributed by atoms with Crippen molar-refractivity contribution in [2.24, 2.45) is 5.92 Å². The first-order valence-corrected chi connectivity index (χ1v) is 11.5. The number of urea groups is 1. The van der Waals surface area contributed by atoms with Crippen LogP contribution in [0.5, 0.6) is 0 Å². The van der Waals surface area contributed by atoms with Gasteiger partial charge < -0.3 is 20.6 Å². The molecule has 1 saturated heterocycles. The van der Waals surface area contributed by atoms with Crippen molar-refractivity contribution in [3.8, 4) is 0 Å². The predicted molar refractivity (Wildman–Crippen MR) is 130 cm³/mol. The van der Waals surface area contributed by atoms with Crippen LogP contribution in [0, 0.1) is 12.8 Å². The van der Waals surface area contributed by atoms with E-state index in [9.17, 15) is 19.5 Å². The van der Waals surface area contributed by atoms with E-state index in [-0.39, 0.29) is 18.2 Å². The number of aromatic amines is 1. The number of carbonyl (C=O) groups excluding carboxylic acids is 2. The van der Waals surface area contributed by atoms with Crippen molar-refractivity contribution in [3.05, 3.63) is 66.0 Å². The van der Waals surface area contributed by atoms with Crippen LogP contribution in [-0.2, 0) is 16.0 Å². The molecule has 1 aliphatic rings. The molecule has 0 aromatic carbocycles. The smallest absolute Gasteiger partial charge is 0.326 e. The fourth-order valence-corrected chi connectivity index (χ4v) is 3.68. The first-order chi connectivity index (χ1) is 16.4. The van der Waals surface area contributed by atoms with Crippen LogP contribution >= 0.6 is 0 Å². The summed E-state index contributed by atoms with van der Waals surface area (Å²) in [5, 5.41) is 21.9. The zero-order valence-electron chi connectivity index (χ0n) is 19.9. The van der Waals surface area contributed by atoms with Crippen LogP contribution in [0.4, 0.5) is 4.79 Å². The van der Waals surface area contributed by atoms with Crippen LogP contribution in [0.2, 0.25) is 0 Å². The number of aromatic nitrogens is 2. The summed E-state index contributed by atoms with van der Waals surface area (Å²) in [4.78, 5) is 38.3. The number of carboxylic acids is 1. The molecule has 0 bridgehead atoms. The number of amides is 3. The van der Waals surface area contributed by atoms with Crippen molar-refractivity contribution in [1.82, 2.24) is 25.7 Å². The minimum atomic E-state index is -1.09. The summed E-state index contributed by atoms with van der Waals surface area (Å²) >= 11 is 0. The average molecular weight is 470 g/mol. The van der Waals surface area contributed by atoms with E-state index in [1.807, 2.05) is 44.2 Å². The number of carboxylic acid groups (broad SMARTS) is 1. The molecule has 1 aliphatic heterocycles. The second kappa shape index (κ2) is 14.5. The number of H-pyrrole nitrogens is 1. The Hall–Kier alpha value is -3.62. The minimum Gasteiger partial charge on any atom is -0.480 e. The number of hydrogen-bond acceptors (Lipinski definition) is 4. The Morgan fingerprint density at radius 3 is 2.76 bits per heavy atom. The van der Waals surface area contributed by atoms with Gasteiger partial charge in [0.25, 0.3) is 0 Å². The molecule has 0 radical (unpaired) electrons. The van der Waals surface area contributed by atoms with E-state index in [1.54, 1.807) is 29.4 Å². The lowest BCUT2D eigenvalue weighted by molar-refractivity contribution is -0.139. The van der Waals surface area contributed by atoms with Gasteiger partial charge >= 0.3 is 12.0 Å². The van der Waals surface area contributed by atoms with Gasteiger partial charge in [0.2, 0.25) is 5.91 Å². The highest BCUT2D eigenvalue weighted by molar-refractivity contribution is 5.83. The minimum absolute atomic E-state index is 0.000103. The number of aryl methyl sites for hydroxylation is 1. The number of nitrogens with zero attached hydrogens (tertiary/aromatic N) is 2. The number of allylic oxidation sites excluding steroid dienone is 3. The first-order valence-electron chi connectivity index (χ1n) is 11.5. The molecule has 184 valence electrons. The Kier molecular flexibility index (Phi) is 11.4. The second-order valence-electron chi connectivity index (χ2n) is 8.31. The molecule has 1 atom stereocenters. The lowest BCUT2D eigenvalue weighted by atomic mass is 9.93. The van der Waals surface area contributed by atoms with Gasteiger partial charge in [-0.2, -0.15) is 5.10 Å². The molecule has 1 aromatic rings. The highest BCUT2D eigenvalue weighted by Gasteiger charge is 2.27. The molecule has 3 amide bonds. The zero-order valence-corrected chi connectivity index (χ0v) is 19.9. The van der Waals surface area contributed by atoms with E-state index in [2.05, 4.69) is 20.8 Å². The molecule has 2 rings (SSSR count). The number of rotatable bonds is 9. The summed E-state index contributed by atoms with van der Waals surface area (Å²) in [5.41, 5.74) is 1.65. The largest absolute Gasteiger partial charge is 0.480 e. The summed E-state index contributed by atoms with van der Waals surface area (Å²) in [6.45, 7) is 5.28. The average Bonchev–Trinajstić information content (AvgIpc) is 2.90. The summed E-state index contributed by atoms with van der Waals surface area (Å²) in [6.07, 6.45) is 12.9. The van der Waals surface area contributed by atoms with E-state index in [0.29, 0.717) is 38.9 Å². The molecular formula is C25H35N5O4. The molecule has 0 spiro atoms. The zero-order chi connectivity index (χ0) is 24.8. The number of hydrogen-bond donors (Lipinski definition) is 4. The Morgan fingerprint density at radius 2 is 2.06 bits per heavy atom. The molecule has 9 heteroatoms. The first kappa shape index (κ1) is 26.6. The molecule has 1 unspecified atom stereocenters.